The van der Waals surface area contributed by atoms with Gasteiger partial charge in [0, 0.05) is 29.8 Å². The van der Waals surface area contributed by atoms with E-state index in [-0.39, 0.29) is 5.25 Å². The maximum atomic E-state index is 12.3. The minimum Gasteiger partial charge on any atom is -0.355 e. The quantitative estimate of drug-likeness (QED) is 0.817. The van der Waals surface area contributed by atoms with Gasteiger partial charge in [0.25, 0.3) is 0 Å². The van der Waals surface area contributed by atoms with Gasteiger partial charge in [-0.3, -0.25) is 4.72 Å². The zero-order valence-electron chi connectivity index (χ0n) is 13.5. The topological polar surface area (TPSA) is 65.5 Å². The van der Waals surface area contributed by atoms with Crippen molar-refractivity contribution < 1.29 is 8.42 Å². The minimum absolute atomic E-state index is 0.242. The summed E-state index contributed by atoms with van der Waals surface area (Å²) in [4.78, 5) is 8.91. The fourth-order valence-corrected chi connectivity index (χ4v) is 4.68. The molecule has 2 aliphatic rings. The molecule has 1 aliphatic carbocycles. The molecule has 2 heterocycles. The second-order valence-corrected chi connectivity index (χ2v) is 9.43. The third kappa shape index (κ3) is 3.97. The second-order valence-electron chi connectivity index (χ2n) is 6.55. The lowest BCUT2D eigenvalue weighted by Crippen LogP contribution is -2.42. The maximum Gasteiger partial charge on any atom is 0.235 e. The van der Waals surface area contributed by atoms with Crippen molar-refractivity contribution in [1.29, 1.82) is 0 Å². The summed E-state index contributed by atoms with van der Waals surface area (Å²) in [6.07, 6.45) is 5.34. The molecular formula is C15H23BrN4O2S. The Kier molecular flexibility index (Phi) is 4.85. The Morgan fingerprint density at radius 3 is 2.48 bits per heavy atom. The molecule has 0 spiro atoms. The number of aromatic nitrogens is 1. The molecule has 1 aromatic rings. The van der Waals surface area contributed by atoms with Crippen molar-refractivity contribution in [3.63, 3.8) is 0 Å². The fourth-order valence-electron chi connectivity index (χ4n) is 2.97. The molecule has 1 saturated carbocycles. The van der Waals surface area contributed by atoms with E-state index in [2.05, 4.69) is 49.5 Å². The van der Waals surface area contributed by atoms with Gasteiger partial charge in [0.15, 0.2) is 5.82 Å². The van der Waals surface area contributed by atoms with Crippen LogP contribution in [0.1, 0.15) is 25.7 Å². The number of nitrogens with zero attached hydrogens (tertiary/aromatic N) is 3. The summed E-state index contributed by atoms with van der Waals surface area (Å²) in [6, 6.07) is 2.38. The van der Waals surface area contributed by atoms with Gasteiger partial charge in [0.05, 0.1) is 10.9 Å². The van der Waals surface area contributed by atoms with Crippen LogP contribution in [-0.2, 0) is 10.0 Å². The van der Waals surface area contributed by atoms with Crippen LogP contribution in [0.2, 0.25) is 0 Å². The molecule has 0 amide bonds. The van der Waals surface area contributed by atoms with Crippen molar-refractivity contribution in [2.45, 2.75) is 37.0 Å². The van der Waals surface area contributed by atoms with Crippen LogP contribution in [0.15, 0.2) is 16.7 Å². The zero-order chi connectivity index (χ0) is 16.6. The van der Waals surface area contributed by atoms with Crippen molar-refractivity contribution in [3.05, 3.63) is 16.7 Å². The molecule has 1 aromatic heterocycles. The molecule has 2 fully saturated rings. The predicted molar refractivity (Wildman–Crippen MR) is 96.4 cm³/mol. The summed E-state index contributed by atoms with van der Waals surface area (Å²) < 4.78 is 28.1. The molecular weight excluding hydrogens is 380 g/mol. The molecule has 1 saturated heterocycles. The summed E-state index contributed by atoms with van der Waals surface area (Å²) in [5, 5.41) is -0.242. The van der Waals surface area contributed by atoms with Gasteiger partial charge in [0.1, 0.15) is 0 Å². The minimum atomic E-state index is -3.29. The number of rotatable bonds is 5. The fraction of sp³-hybridized carbons (Fsp3) is 0.667. The van der Waals surface area contributed by atoms with Crippen LogP contribution < -0.4 is 9.62 Å². The van der Waals surface area contributed by atoms with Crippen LogP contribution in [0.3, 0.4) is 0 Å². The van der Waals surface area contributed by atoms with E-state index in [9.17, 15) is 8.42 Å². The Hall–Kier alpha value is -0.860. The van der Waals surface area contributed by atoms with Gasteiger partial charge < -0.3 is 9.80 Å². The lowest BCUT2D eigenvalue weighted by molar-refractivity contribution is 0.249. The van der Waals surface area contributed by atoms with Crippen LogP contribution in [0.5, 0.6) is 0 Å². The number of anilines is 2. The second kappa shape index (κ2) is 6.57. The number of nitrogens with one attached hydrogen (secondary N) is 1. The van der Waals surface area contributed by atoms with Crippen LogP contribution >= 0.6 is 15.9 Å². The van der Waals surface area contributed by atoms with Crippen molar-refractivity contribution in [1.82, 2.24) is 9.88 Å². The van der Waals surface area contributed by atoms with Crippen molar-refractivity contribution in [2.24, 2.45) is 0 Å². The summed E-state index contributed by atoms with van der Waals surface area (Å²) in [5.41, 5.74) is 0.578. The highest BCUT2D eigenvalue weighted by molar-refractivity contribution is 9.10. The Morgan fingerprint density at radius 2 is 1.91 bits per heavy atom. The van der Waals surface area contributed by atoms with Crippen LogP contribution in [-0.4, -0.2) is 56.8 Å². The SMILES string of the molecule is CN(C)C1CCN(c2ncc(Br)cc2NS(=O)(=O)C2CC2)CC1. The molecule has 0 aromatic carbocycles. The van der Waals surface area contributed by atoms with E-state index >= 15 is 0 Å². The largest absolute Gasteiger partial charge is 0.355 e. The molecule has 1 N–H and O–H groups in total. The van der Waals surface area contributed by atoms with Crippen molar-refractivity contribution in [3.8, 4) is 0 Å². The van der Waals surface area contributed by atoms with E-state index in [0.717, 1.165) is 49.1 Å². The number of pyridine rings is 1. The van der Waals surface area contributed by atoms with E-state index < -0.39 is 10.0 Å². The summed E-state index contributed by atoms with van der Waals surface area (Å²) in [7, 11) is 0.921. The summed E-state index contributed by atoms with van der Waals surface area (Å²) in [5.74, 6) is 0.731. The Morgan fingerprint density at radius 1 is 1.26 bits per heavy atom. The van der Waals surface area contributed by atoms with Gasteiger partial charge in [-0.1, -0.05) is 0 Å². The van der Waals surface area contributed by atoms with Gasteiger partial charge in [-0.05, 0) is 61.8 Å². The van der Waals surface area contributed by atoms with E-state index in [1.54, 1.807) is 12.3 Å². The number of piperidine rings is 1. The zero-order valence-corrected chi connectivity index (χ0v) is 15.9. The first-order chi connectivity index (χ1) is 10.9. The van der Waals surface area contributed by atoms with Crippen LogP contribution in [0.25, 0.3) is 0 Å². The van der Waals surface area contributed by atoms with Crippen molar-refractivity contribution >= 4 is 37.5 Å². The maximum absolute atomic E-state index is 12.3. The molecule has 128 valence electrons. The average Bonchev–Trinajstić information content (AvgIpc) is 3.32. The third-order valence-electron chi connectivity index (χ3n) is 4.54. The van der Waals surface area contributed by atoms with Gasteiger partial charge >= 0.3 is 0 Å². The van der Waals surface area contributed by atoms with E-state index in [0.29, 0.717) is 11.7 Å². The Balaban J connectivity index is 1.79. The van der Waals surface area contributed by atoms with E-state index in [1.165, 1.54) is 0 Å². The molecule has 23 heavy (non-hydrogen) atoms. The number of hydrogen-bond donors (Lipinski definition) is 1. The number of sulfonamides is 1. The number of hydrogen-bond acceptors (Lipinski definition) is 5. The van der Waals surface area contributed by atoms with Crippen molar-refractivity contribution in [2.75, 3.05) is 36.8 Å². The summed E-state index contributed by atoms with van der Waals surface area (Å²) in [6.45, 7) is 1.77. The van der Waals surface area contributed by atoms with Gasteiger partial charge in [-0.25, -0.2) is 13.4 Å². The summed E-state index contributed by atoms with van der Waals surface area (Å²) >= 11 is 3.39. The number of halogens is 1. The third-order valence-corrected chi connectivity index (χ3v) is 6.83. The molecule has 1 aliphatic heterocycles. The monoisotopic (exact) mass is 402 g/mol. The molecule has 0 atom stereocenters. The molecule has 3 rings (SSSR count). The molecule has 0 bridgehead atoms. The normalized spacial score (nSPS) is 20.1. The van der Waals surface area contributed by atoms with Gasteiger partial charge in [-0.2, -0.15) is 0 Å². The first-order valence-electron chi connectivity index (χ1n) is 7.95. The molecule has 0 radical (unpaired) electrons. The first kappa shape index (κ1) is 17.0. The molecule has 0 unspecified atom stereocenters. The lowest BCUT2D eigenvalue weighted by Gasteiger charge is -2.36. The highest BCUT2D eigenvalue weighted by Crippen LogP contribution is 2.34. The van der Waals surface area contributed by atoms with Crippen LogP contribution in [0, 0.1) is 0 Å². The lowest BCUT2D eigenvalue weighted by atomic mass is 10.0. The smallest absolute Gasteiger partial charge is 0.235 e. The molecule has 6 nitrogen and oxygen atoms in total. The Bertz CT molecular complexity index is 668. The van der Waals surface area contributed by atoms with Gasteiger partial charge in [0.2, 0.25) is 10.0 Å². The molecule has 8 heteroatoms. The first-order valence-corrected chi connectivity index (χ1v) is 10.3. The predicted octanol–water partition coefficient (Wildman–Crippen LogP) is 2.28. The highest BCUT2D eigenvalue weighted by Gasteiger charge is 2.36. The Labute approximate surface area is 146 Å². The standard InChI is InChI=1S/C15H23BrN4O2S/c1-19(2)12-5-7-20(8-6-12)15-14(9-11(16)10-17-15)18-23(21,22)13-3-4-13/h9-10,12-13,18H,3-8H2,1-2H3. The highest BCUT2D eigenvalue weighted by atomic mass is 79.9. The van der Waals surface area contributed by atoms with Crippen LogP contribution in [0.4, 0.5) is 11.5 Å². The van der Waals surface area contributed by atoms with Gasteiger partial charge in [-0.15, -0.1) is 0 Å². The van der Waals surface area contributed by atoms with E-state index in [4.69, 9.17) is 0 Å². The van der Waals surface area contributed by atoms with E-state index in [1.807, 2.05) is 0 Å². The average molecular weight is 403 g/mol.